The number of ketones is 1. The molecule has 1 aliphatic heterocycles. The van der Waals surface area contributed by atoms with Gasteiger partial charge in [-0.2, -0.15) is 0 Å². The number of rotatable bonds is 3. The second-order valence-electron chi connectivity index (χ2n) is 8.51. The van der Waals surface area contributed by atoms with Crippen LogP contribution in [0.4, 0.5) is 0 Å². The molecule has 0 radical (unpaired) electrons. The van der Waals surface area contributed by atoms with E-state index in [0.717, 1.165) is 11.1 Å². The zero-order chi connectivity index (χ0) is 21.6. The molecular formula is C24H22ClNO4. The topological polar surface area (TPSA) is 68.5 Å². The van der Waals surface area contributed by atoms with Gasteiger partial charge >= 0.3 is 5.97 Å². The Bertz CT molecular complexity index is 1200. The van der Waals surface area contributed by atoms with Crippen molar-refractivity contribution in [2.75, 3.05) is 6.61 Å². The van der Waals surface area contributed by atoms with Crippen molar-refractivity contribution in [1.29, 1.82) is 0 Å². The number of fused-ring (bicyclic) bond motifs is 1. The van der Waals surface area contributed by atoms with E-state index >= 15 is 0 Å². The van der Waals surface area contributed by atoms with Gasteiger partial charge in [0.15, 0.2) is 0 Å². The Morgan fingerprint density at radius 3 is 2.43 bits per heavy atom. The molecule has 0 bridgehead atoms. The third kappa shape index (κ3) is 3.61. The summed E-state index contributed by atoms with van der Waals surface area (Å²) in [5.41, 5.74) is 3.70. The van der Waals surface area contributed by atoms with Crippen molar-refractivity contribution < 1.29 is 19.4 Å². The lowest BCUT2D eigenvalue weighted by Gasteiger charge is -2.19. The molecule has 2 heterocycles. The molecule has 0 spiro atoms. The molecular weight excluding hydrogens is 402 g/mol. The Hall–Kier alpha value is -3.05. The lowest BCUT2D eigenvalue weighted by Crippen LogP contribution is -2.11. The smallest absolute Gasteiger partial charge is 0.379 e. The summed E-state index contributed by atoms with van der Waals surface area (Å²) in [5, 5.41) is 12.0. The summed E-state index contributed by atoms with van der Waals surface area (Å²) in [6.07, 6.45) is 1.77. The van der Waals surface area contributed by atoms with Gasteiger partial charge in [-0.05, 0) is 34.7 Å². The van der Waals surface area contributed by atoms with E-state index in [0.29, 0.717) is 22.5 Å². The highest BCUT2D eigenvalue weighted by Crippen LogP contribution is 2.32. The maximum absolute atomic E-state index is 12.0. The average molecular weight is 424 g/mol. The first-order valence-electron chi connectivity index (χ1n) is 9.67. The number of aromatic nitrogens is 1. The molecule has 2 aromatic carbocycles. The Morgan fingerprint density at radius 2 is 1.83 bits per heavy atom. The van der Waals surface area contributed by atoms with Crippen LogP contribution in [0.15, 0.2) is 54.2 Å². The molecule has 1 N–H and O–H groups in total. The van der Waals surface area contributed by atoms with Gasteiger partial charge in [0.2, 0.25) is 0 Å². The number of aliphatic hydroxyl groups excluding tert-OH is 1. The lowest BCUT2D eigenvalue weighted by molar-refractivity contribution is -0.146. The Kier molecular flexibility index (Phi) is 4.94. The third-order valence-corrected chi connectivity index (χ3v) is 5.60. The first kappa shape index (κ1) is 20.2. The van der Waals surface area contributed by atoms with Crippen LogP contribution in [-0.4, -0.2) is 28.0 Å². The highest BCUT2D eigenvalue weighted by atomic mass is 35.5. The van der Waals surface area contributed by atoms with Gasteiger partial charge in [-0.25, -0.2) is 4.79 Å². The fourth-order valence-corrected chi connectivity index (χ4v) is 3.80. The third-order valence-electron chi connectivity index (χ3n) is 5.36. The highest BCUT2D eigenvalue weighted by molar-refractivity contribution is 6.43. The van der Waals surface area contributed by atoms with Crippen LogP contribution in [0, 0.1) is 0 Å². The van der Waals surface area contributed by atoms with Crippen LogP contribution in [0.25, 0.3) is 16.7 Å². The summed E-state index contributed by atoms with van der Waals surface area (Å²) in [6.45, 7) is 6.87. The summed E-state index contributed by atoms with van der Waals surface area (Å²) in [7, 11) is 0. The van der Waals surface area contributed by atoms with Crippen LogP contribution in [0.5, 0.6) is 0 Å². The number of cyclic esters (lactones) is 1. The second-order valence-corrected chi connectivity index (χ2v) is 8.95. The van der Waals surface area contributed by atoms with Crippen LogP contribution in [0.3, 0.4) is 0 Å². The maximum atomic E-state index is 12.0. The molecule has 0 unspecified atom stereocenters. The number of esters is 1. The summed E-state index contributed by atoms with van der Waals surface area (Å²) in [6, 6.07) is 13.8. The minimum Gasteiger partial charge on any atom is -0.507 e. The molecule has 1 fully saturated rings. The number of ether oxygens (including phenoxy) is 1. The Labute approximate surface area is 179 Å². The van der Waals surface area contributed by atoms with Crippen LogP contribution in [-0.2, 0) is 26.3 Å². The zero-order valence-electron chi connectivity index (χ0n) is 17.0. The number of carbonyl (C=O) groups excluding carboxylic acids is 2. The van der Waals surface area contributed by atoms with Gasteiger partial charge in [0.05, 0.1) is 5.57 Å². The SMILES string of the molecule is CC(C)(C)c1ccc(Cn2cc(C(O)=C3COC(=O)C3=O)c3cc(Cl)ccc32)cc1. The van der Waals surface area contributed by atoms with E-state index in [1.807, 2.05) is 10.6 Å². The van der Waals surface area contributed by atoms with Gasteiger partial charge in [0.1, 0.15) is 12.4 Å². The molecule has 0 saturated carbocycles. The molecule has 5 nitrogen and oxygen atoms in total. The fraction of sp³-hybridized carbons (Fsp3) is 0.250. The number of hydrogen-bond acceptors (Lipinski definition) is 4. The number of nitrogens with zero attached hydrogens (tertiary/aromatic N) is 1. The highest BCUT2D eigenvalue weighted by Gasteiger charge is 2.33. The van der Waals surface area contributed by atoms with Crippen molar-refractivity contribution in [2.24, 2.45) is 0 Å². The molecule has 0 amide bonds. The van der Waals surface area contributed by atoms with Crippen molar-refractivity contribution in [3.63, 3.8) is 0 Å². The van der Waals surface area contributed by atoms with Gasteiger partial charge in [-0.15, -0.1) is 0 Å². The fourth-order valence-electron chi connectivity index (χ4n) is 3.63. The monoisotopic (exact) mass is 423 g/mol. The van der Waals surface area contributed by atoms with Gasteiger partial charge < -0.3 is 14.4 Å². The van der Waals surface area contributed by atoms with E-state index in [2.05, 4.69) is 45.0 Å². The predicted octanol–water partition coefficient (Wildman–Crippen LogP) is 5.04. The van der Waals surface area contributed by atoms with E-state index in [9.17, 15) is 14.7 Å². The standard InChI is InChI=1S/C24H22ClNO4/c1-24(2,3)15-6-4-14(5-7-15)11-26-12-18(17-10-16(25)8-9-20(17)26)21(27)19-13-30-23(29)22(19)28/h4-10,12,27H,11,13H2,1-3H3. The summed E-state index contributed by atoms with van der Waals surface area (Å²) >= 11 is 6.18. The van der Waals surface area contributed by atoms with Crippen LogP contribution >= 0.6 is 11.6 Å². The van der Waals surface area contributed by atoms with E-state index in [4.69, 9.17) is 16.3 Å². The van der Waals surface area contributed by atoms with E-state index in [-0.39, 0.29) is 23.4 Å². The summed E-state index contributed by atoms with van der Waals surface area (Å²) in [4.78, 5) is 23.4. The molecule has 1 aliphatic rings. The maximum Gasteiger partial charge on any atom is 0.379 e. The molecule has 0 aliphatic carbocycles. The van der Waals surface area contributed by atoms with E-state index < -0.39 is 11.8 Å². The number of halogens is 1. The Morgan fingerprint density at radius 1 is 1.13 bits per heavy atom. The number of aliphatic hydroxyl groups is 1. The van der Waals surface area contributed by atoms with Gasteiger partial charge in [-0.3, -0.25) is 4.79 Å². The minimum atomic E-state index is -0.947. The number of carbonyl (C=O) groups is 2. The minimum absolute atomic E-state index is 0.0337. The molecule has 154 valence electrons. The van der Waals surface area contributed by atoms with Gasteiger partial charge in [0, 0.05) is 34.2 Å². The first-order chi connectivity index (χ1) is 14.1. The number of hydrogen-bond donors (Lipinski definition) is 1. The molecule has 4 rings (SSSR count). The van der Waals surface area contributed by atoms with Gasteiger partial charge in [0.25, 0.3) is 5.78 Å². The normalized spacial score (nSPS) is 16.3. The quantitative estimate of drug-likeness (QED) is 0.277. The largest absolute Gasteiger partial charge is 0.507 e. The lowest BCUT2D eigenvalue weighted by atomic mass is 9.87. The molecule has 6 heteroatoms. The average Bonchev–Trinajstić information content (AvgIpc) is 3.21. The zero-order valence-corrected chi connectivity index (χ0v) is 17.8. The predicted molar refractivity (Wildman–Crippen MR) is 117 cm³/mol. The molecule has 30 heavy (non-hydrogen) atoms. The van der Waals surface area contributed by atoms with E-state index in [1.165, 1.54) is 5.56 Å². The Balaban J connectivity index is 1.78. The van der Waals surface area contributed by atoms with Crippen molar-refractivity contribution in [2.45, 2.75) is 32.7 Å². The van der Waals surface area contributed by atoms with E-state index in [1.54, 1.807) is 18.3 Å². The second kappa shape index (κ2) is 7.33. The summed E-state index contributed by atoms with van der Waals surface area (Å²) in [5.74, 6) is -2.01. The molecule has 3 aromatic rings. The summed E-state index contributed by atoms with van der Waals surface area (Å²) < 4.78 is 6.75. The number of Topliss-reactive ketones (excluding diaryl/α,β-unsaturated/α-hetero) is 1. The van der Waals surface area contributed by atoms with Crippen LogP contribution in [0.1, 0.15) is 37.5 Å². The number of benzene rings is 2. The van der Waals surface area contributed by atoms with Crippen molar-refractivity contribution in [1.82, 2.24) is 4.57 Å². The van der Waals surface area contributed by atoms with Crippen LogP contribution in [0.2, 0.25) is 5.02 Å². The molecule has 1 aromatic heterocycles. The van der Waals surface area contributed by atoms with Gasteiger partial charge in [-0.1, -0.05) is 56.6 Å². The van der Waals surface area contributed by atoms with Crippen molar-refractivity contribution in [3.05, 3.63) is 75.9 Å². The van der Waals surface area contributed by atoms with Crippen LogP contribution < -0.4 is 0 Å². The van der Waals surface area contributed by atoms with Crippen molar-refractivity contribution in [3.8, 4) is 0 Å². The molecule has 0 atom stereocenters. The first-order valence-corrected chi connectivity index (χ1v) is 10.0. The molecule has 1 saturated heterocycles. The van der Waals surface area contributed by atoms with Crippen molar-refractivity contribution >= 4 is 40.0 Å².